The maximum absolute atomic E-state index is 12.7. The molecule has 0 aliphatic carbocycles. The number of likely N-dealkylation sites (tertiary alicyclic amines) is 1. The third kappa shape index (κ3) is 5.03. The molecule has 1 saturated heterocycles. The highest BCUT2D eigenvalue weighted by Gasteiger charge is 2.27. The topological polar surface area (TPSA) is 65.5 Å². The first-order chi connectivity index (χ1) is 14.1. The zero-order valence-corrected chi connectivity index (χ0v) is 17.7. The third-order valence-electron chi connectivity index (χ3n) is 5.82. The largest absolute Gasteiger partial charge is 0.338 e. The summed E-state index contributed by atoms with van der Waals surface area (Å²) in [6, 6.07) is 7.77. The van der Waals surface area contributed by atoms with Crippen LogP contribution in [0.15, 0.2) is 29.6 Å². The molecule has 29 heavy (non-hydrogen) atoms. The van der Waals surface area contributed by atoms with E-state index in [4.69, 9.17) is 0 Å². The summed E-state index contributed by atoms with van der Waals surface area (Å²) in [5, 5.41) is 5.06. The zero-order chi connectivity index (χ0) is 20.2. The quantitative estimate of drug-likeness (QED) is 0.820. The molecule has 2 amide bonds. The Morgan fingerprint density at radius 2 is 2.17 bits per heavy atom. The number of hydrogen-bond acceptors (Lipinski definition) is 5. The van der Waals surface area contributed by atoms with E-state index in [1.54, 1.807) is 11.3 Å². The molecule has 1 unspecified atom stereocenters. The van der Waals surface area contributed by atoms with Gasteiger partial charge in [-0.1, -0.05) is 6.07 Å². The number of aryl methyl sites for hydroxylation is 1. The average molecular weight is 413 g/mol. The van der Waals surface area contributed by atoms with Crippen molar-refractivity contribution in [2.45, 2.75) is 39.2 Å². The molecule has 4 rings (SSSR count). The van der Waals surface area contributed by atoms with Crippen LogP contribution in [0.5, 0.6) is 0 Å². The molecule has 2 aliphatic heterocycles. The van der Waals surface area contributed by atoms with Gasteiger partial charge in [-0.25, -0.2) is 4.98 Å². The highest BCUT2D eigenvalue weighted by atomic mass is 32.1. The Hall–Kier alpha value is -2.25. The number of nitrogens with zero attached hydrogens (tertiary/aromatic N) is 3. The maximum Gasteiger partial charge on any atom is 0.229 e. The molecule has 154 valence electrons. The van der Waals surface area contributed by atoms with E-state index in [9.17, 15) is 9.59 Å². The fraction of sp³-hybridized carbons (Fsp3) is 0.500. The van der Waals surface area contributed by atoms with Crippen molar-refractivity contribution in [1.82, 2.24) is 14.8 Å². The number of carbonyl (C=O) groups is 2. The van der Waals surface area contributed by atoms with Gasteiger partial charge < -0.3 is 15.1 Å². The molecule has 0 aromatic carbocycles. The second kappa shape index (κ2) is 9.05. The molecule has 4 heterocycles. The predicted octanol–water partition coefficient (Wildman–Crippen LogP) is 3.08. The Balaban J connectivity index is 1.25. The van der Waals surface area contributed by atoms with Crippen LogP contribution in [0.1, 0.15) is 35.4 Å². The Bertz CT molecular complexity index is 881. The summed E-state index contributed by atoms with van der Waals surface area (Å²) < 4.78 is 0. The fourth-order valence-corrected chi connectivity index (χ4v) is 5.08. The normalized spacial score (nSPS) is 19.6. The third-order valence-corrected chi connectivity index (χ3v) is 6.84. The average Bonchev–Trinajstić information content (AvgIpc) is 3.20. The second-order valence-electron chi connectivity index (χ2n) is 7.98. The minimum Gasteiger partial charge on any atom is -0.338 e. The number of rotatable bonds is 5. The van der Waals surface area contributed by atoms with Crippen molar-refractivity contribution in [1.29, 1.82) is 0 Å². The van der Waals surface area contributed by atoms with Crippen LogP contribution in [0.4, 0.5) is 5.82 Å². The van der Waals surface area contributed by atoms with Crippen LogP contribution in [0, 0.1) is 12.8 Å². The van der Waals surface area contributed by atoms with Gasteiger partial charge in [0.1, 0.15) is 5.82 Å². The molecule has 0 bridgehead atoms. The molecule has 1 atom stereocenters. The van der Waals surface area contributed by atoms with E-state index >= 15 is 0 Å². The molecule has 0 radical (unpaired) electrons. The van der Waals surface area contributed by atoms with E-state index in [0.717, 1.165) is 51.1 Å². The van der Waals surface area contributed by atoms with Gasteiger partial charge in [0.05, 0.1) is 5.92 Å². The molecule has 6 nitrogen and oxygen atoms in total. The zero-order valence-electron chi connectivity index (χ0n) is 16.9. The lowest BCUT2D eigenvalue weighted by atomic mass is 9.97. The van der Waals surface area contributed by atoms with Crippen LogP contribution in [0.3, 0.4) is 0 Å². The summed E-state index contributed by atoms with van der Waals surface area (Å²) in [4.78, 5) is 35.3. The van der Waals surface area contributed by atoms with Gasteiger partial charge in [0.25, 0.3) is 0 Å². The van der Waals surface area contributed by atoms with E-state index in [1.165, 1.54) is 10.4 Å². The van der Waals surface area contributed by atoms with E-state index in [2.05, 4.69) is 26.6 Å². The van der Waals surface area contributed by atoms with Crippen molar-refractivity contribution < 1.29 is 9.59 Å². The Kier molecular flexibility index (Phi) is 6.25. The number of pyridine rings is 1. The highest BCUT2D eigenvalue weighted by Crippen LogP contribution is 2.24. The van der Waals surface area contributed by atoms with Crippen LogP contribution >= 0.6 is 11.3 Å². The summed E-state index contributed by atoms with van der Waals surface area (Å²) in [5.74, 6) is 0.808. The summed E-state index contributed by atoms with van der Waals surface area (Å²) in [6.45, 7) is 5.86. The number of nitrogens with one attached hydrogen (secondary N) is 1. The molecule has 1 N–H and O–H groups in total. The maximum atomic E-state index is 12.7. The van der Waals surface area contributed by atoms with Crippen molar-refractivity contribution in [3.8, 4) is 0 Å². The van der Waals surface area contributed by atoms with E-state index in [0.29, 0.717) is 18.8 Å². The summed E-state index contributed by atoms with van der Waals surface area (Å²) in [7, 11) is 0. The Morgan fingerprint density at radius 3 is 3.03 bits per heavy atom. The molecular formula is C22H28N4O2S. The fourth-order valence-electron chi connectivity index (χ4n) is 4.19. The minimum atomic E-state index is -0.0514. The van der Waals surface area contributed by atoms with Crippen molar-refractivity contribution in [3.05, 3.63) is 45.8 Å². The first-order valence-corrected chi connectivity index (χ1v) is 11.3. The Morgan fingerprint density at radius 1 is 1.28 bits per heavy atom. The van der Waals surface area contributed by atoms with Crippen molar-refractivity contribution in [2.75, 3.05) is 31.5 Å². The molecule has 0 spiro atoms. The lowest BCUT2D eigenvalue weighted by molar-refractivity contribution is -0.132. The molecule has 2 aliphatic rings. The van der Waals surface area contributed by atoms with E-state index in [1.807, 2.05) is 30.0 Å². The lowest BCUT2D eigenvalue weighted by Gasteiger charge is -2.33. The van der Waals surface area contributed by atoms with Crippen molar-refractivity contribution in [2.24, 2.45) is 5.92 Å². The number of aromatic nitrogens is 1. The molecule has 0 saturated carbocycles. The number of anilines is 1. The monoisotopic (exact) mass is 412 g/mol. The van der Waals surface area contributed by atoms with Crippen molar-refractivity contribution in [3.63, 3.8) is 0 Å². The first kappa shape index (κ1) is 20.0. The van der Waals surface area contributed by atoms with Gasteiger partial charge in [0.15, 0.2) is 0 Å². The van der Waals surface area contributed by atoms with Gasteiger partial charge in [0.2, 0.25) is 11.8 Å². The van der Waals surface area contributed by atoms with Gasteiger partial charge >= 0.3 is 0 Å². The lowest BCUT2D eigenvalue weighted by Crippen LogP contribution is -2.43. The standard InChI is InChI=1S/C22H28N4O2S/c1-16-4-2-6-20(23-16)24-22(28)18-5-3-10-25(14-18)11-8-21(27)26-12-7-19-17(15-26)9-13-29-19/h2,4,6,9,13,18H,3,5,7-8,10-12,14-15H2,1H3,(H,23,24,28). The van der Waals surface area contributed by atoms with E-state index < -0.39 is 0 Å². The second-order valence-corrected chi connectivity index (χ2v) is 8.98. The molecule has 2 aromatic rings. The SMILES string of the molecule is Cc1cccc(NC(=O)C2CCCN(CCC(=O)N3CCc4sccc4C3)C2)n1. The van der Waals surface area contributed by atoms with Crippen LogP contribution in [-0.2, 0) is 22.6 Å². The molecular weight excluding hydrogens is 384 g/mol. The number of amides is 2. The van der Waals surface area contributed by atoms with Crippen LogP contribution < -0.4 is 5.32 Å². The molecule has 7 heteroatoms. The smallest absolute Gasteiger partial charge is 0.229 e. The van der Waals surface area contributed by atoms with Crippen LogP contribution in [0.25, 0.3) is 0 Å². The van der Waals surface area contributed by atoms with Crippen LogP contribution in [0.2, 0.25) is 0 Å². The first-order valence-electron chi connectivity index (χ1n) is 10.4. The van der Waals surface area contributed by atoms with Gasteiger partial charge in [-0.2, -0.15) is 0 Å². The van der Waals surface area contributed by atoms with Gasteiger partial charge in [-0.15, -0.1) is 11.3 Å². The number of fused-ring (bicyclic) bond motifs is 1. The number of piperidine rings is 1. The van der Waals surface area contributed by atoms with Gasteiger partial charge in [0, 0.05) is 43.2 Å². The highest BCUT2D eigenvalue weighted by molar-refractivity contribution is 7.10. The summed E-state index contributed by atoms with van der Waals surface area (Å²) in [6.07, 6.45) is 3.36. The minimum absolute atomic E-state index is 0.0279. The predicted molar refractivity (Wildman–Crippen MR) is 115 cm³/mol. The van der Waals surface area contributed by atoms with Gasteiger partial charge in [-0.05, 0) is 61.9 Å². The van der Waals surface area contributed by atoms with E-state index in [-0.39, 0.29) is 17.7 Å². The number of thiophene rings is 1. The Labute approximate surface area is 175 Å². The number of hydrogen-bond donors (Lipinski definition) is 1. The van der Waals surface area contributed by atoms with Crippen LogP contribution in [-0.4, -0.2) is 52.8 Å². The number of carbonyl (C=O) groups excluding carboxylic acids is 2. The summed E-state index contributed by atoms with van der Waals surface area (Å²) in [5.41, 5.74) is 2.19. The van der Waals surface area contributed by atoms with Gasteiger partial charge in [-0.3, -0.25) is 9.59 Å². The molecule has 2 aromatic heterocycles. The molecule has 1 fully saturated rings. The summed E-state index contributed by atoms with van der Waals surface area (Å²) >= 11 is 1.79. The van der Waals surface area contributed by atoms with Crippen molar-refractivity contribution >= 4 is 29.0 Å².